The first-order valence-corrected chi connectivity index (χ1v) is 7.55. The highest BCUT2D eigenvalue weighted by molar-refractivity contribution is 6.42. The number of anilines is 1. The van der Waals surface area contributed by atoms with Crippen LogP contribution in [0.2, 0.25) is 10.0 Å². The molecule has 0 bridgehead atoms. The van der Waals surface area contributed by atoms with Crippen LogP contribution in [0.25, 0.3) is 0 Å². The van der Waals surface area contributed by atoms with Crippen LogP contribution in [-0.2, 0) is 6.54 Å². The second-order valence-corrected chi connectivity index (χ2v) is 5.62. The number of carbonyl (C=O) groups excluding carboxylic acids is 1. The normalized spacial score (nSPS) is 11.8. The molecule has 1 unspecified atom stereocenters. The number of aromatic nitrogens is 1. The maximum Gasteiger partial charge on any atom is 0.319 e. The van der Waals surface area contributed by atoms with E-state index in [-0.39, 0.29) is 18.6 Å². The molecule has 0 aliphatic rings. The SMILES string of the molecule is O=C(NCC(O)Cn1ccccc1=O)Nc1ccc(Cl)c(Cl)c1. The number of aliphatic hydroxyl groups is 1. The second kappa shape index (κ2) is 8.01. The van der Waals surface area contributed by atoms with Crippen LogP contribution in [0.15, 0.2) is 47.4 Å². The lowest BCUT2D eigenvalue weighted by atomic mass is 10.3. The fraction of sp³-hybridized carbons (Fsp3) is 0.200. The molecule has 0 aliphatic heterocycles. The molecule has 1 atom stereocenters. The summed E-state index contributed by atoms with van der Waals surface area (Å²) < 4.78 is 1.36. The van der Waals surface area contributed by atoms with E-state index >= 15 is 0 Å². The van der Waals surface area contributed by atoms with E-state index in [9.17, 15) is 14.7 Å². The molecule has 2 amide bonds. The van der Waals surface area contributed by atoms with Gasteiger partial charge in [0.1, 0.15) is 0 Å². The zero-order valence-corrected chi connectivity index (χ0v) is 13.5. The van der Waals surface area contributed by atoms with Crippen molar-refractivity contribution in [3.8, 4) is 0 Å². The van der Waals surface area contributed by atoms with Crippen LogP contribution in [0.3, 0.4) is 0 Å². The van der Waals surface area contributed by atoms with Gasteiger partial charge in [0.25, 0.3) is 5.56 Å². The largest absolute Gasteiger partial charge is 0.389 e. The number of rotatable bonds is 5. The first-order chi connectivity index (χ1) is 11.0. The van der Waals surface area contributed by atoms with E-state index in [2.05, 4.69) is 10.6 Å². The van der Waals surface area contributed by atoms with Gasteiger partial charge in [0.15, 0.2) is 0 Å². The molecule has 2 rings (SSSR count). The summed E-state index contributed by atoms with van der Waals surface area (Å²) in [5.74, 6) is 0. The molecule has 0 fully saturated rings. The molecule has 122 valence electrons. The molecule has 0 aliphatic carbocycles. The van der Waals surface area contributed by atoms with Crippen LogP contribution in [0, 0.1) is 0 Å². The van der Waals surface area contributed by atoms with Gasteiger partial charge in [-0.1, -0.05) is 29.3 Å². The van der Waals surface area contributed by atoms with Crippen LogP contribution in [0.5, 0.6) is 0 Å². The molecule has 3 N–H and O–H groups in total. The Morgan fingerprint density at radius 1 is 1.22 bits per heavy atom. The molecule has 0 saturated carbocycles. The predicted molar refractivity (Wildman–Crippen MR) is 90.2 cm³/mol. The van der Waals surface area contributed by atoms with Crippen molar-refractivity contribution in [3.63, 3.8) is 0 Å². The van der Waals surface area contributed by atoms with Crippen molar-refractivity contribution in [1.82, 2.24) is 9.88 Å². The van der Waals surface area contributed by atoms with Gasteiger partial charge in [-0.05, 0) is 24.3 Å². The highest BCUT2D eigenvalue weighted by Crippen LogP contribution is 2.24. The standard InChI is InChI=1S/C15H15Cl2N3O3/c16-12-5-4-10(7-13(12)17)19-15(23)18-8-11(21)9-20-6-2-1-3-14(20)22/h1-7,11,21H,8-9H2,(H2,18,19,23). The number of nitrogens with one attached hydrogen (secondary N) is 2. The number of pyridine rings is 1. The molecule has 1 aromatic heterocycles. The molecular weight excluding hydrogens is 341 g/mol. The topological polar surface area (TPSA) is 83.4 Å². The van der Waals surface area contributed by atoms with Crippen LogP contribution < -0.4 is 16.2 Å². The van der Waals surface area contributed by atoms with Crippen molar-refractivity contribution < 1.29 is 9.90 Å². The van der Waals surface area contributed by atoms with E-state index in [1.807, 2.05) is 0 Å². The fourth-order valence-corrected chi connectivity index (χ4v) is 2.16. The van der Waals surface area contributed by atoms with E-state index < -0.39 is 12.1 Å². The molecular formula is C15H15Cl2N3O3. The third-order valence-corrected chi connectivity index (χ3v) is 3.72. The minimum absolute atomic E-state index is 0.00547. The number of aliphatic hydroxyl groups excluding tert-OH is 1. The van der Waals surface area contributed by atoms with Crippen molar-refractivity contribution in [2.75, 3.05) is 11.9 Å². The number of nitrogens with zero attached hydrogens (tertiary/aromatic N) is 1. The molecule has 8 heteroatoms. The minimum atomic E-state index is -0.894. The van der Waals surface area contributed by atoms with Crippen molar-refractivity contribution in [2.45, 2.75) is 12.6 Å². The lowest BCUT2D eigenvalue weighted by molar-refractivity contribution is 0.151. The van der Waals surface area contributed by atoms with Crippen molar-refractivity contribution in [1.29, 1.82) is 0 Å². The highest BCUT2D eigenvalue weighted by Gasteiger charge is 2.09. The number of urea groups is 1. The van der Waals surface area contributed by atoms with E-state index in [0.29, 0.717) is 15.7 Å². The average molecular weight is 356 g/mol. The van der Waals surface area contributed by atoms with E-state index in [4.69, 9.17) is 23.2 Å². The Morgan fingerprint density at radius 3 is 2.70 bits per heavy atom. The third kappa shape index (κ3) is 5.28. The second-order valence-electron chi connectivity index (χ2n) is 4.81. The minimum Gasteiger partial charge on any atom is -0.389 e. The Labute approximate surface area is 142 Å². The van der Waals surface area contributed by atoms with Crippen LogP contribution in [0.4, 0.5) is 10.5 Å². The lowest BCUT2D eigenvalue weighted by Crippen LogP contribution is -2.38. The summed E-state index contributed by atoms with van der Waals surface area (Å²) in [6.45, 7) is 0.0845. The fourth-order valence-electron chi connectivity index (χ4n) is 1.86. The number of carbonyl (C=O) groups is 1. The molecule has 23 heavy (non-hydrogen) atoms. The Bertz CT molecular complexity index is 749. The average Bonchev–Trinajstić information content (AvgIpc) is 2.51. The quantitative estimate of drug-likeness (QED) is 0.769. The summed E-state index contributed by atoms with van der Waals surface area (Å²) in [5.41, 5.74) is 0.262. The van der Waals surface area contributed by atoms with Gasteiger partial charge in [-0.15, -0.1) is 0 Å². The van der Waals surface area contributed by atoms with Gasteiger partial charge in [-0.2, -0.15) is 0 Å². The molecule has 0 radical (unpaired) electrons. The van der Waals surface area contributed by atoms with E-state index in [0.717, 1.165) is 0 Å². The Kier molecular flexibility index (Phi) is 6.04. The summed E-state index contributed by atoms with van der Waals surface area (Å²) in [6.07, 6.45) is 0.677. The molecule has 1 heterocycles. The number of benzene rings is 1. The van der Waals surface area contributed by atoms with Gasteiger partial charge in [0.2, 0.25) is 0 Å². The highest BCUT2D eigenvalue weighted by atomic mass is 35.5. The summed E-state index contributed by atoms with van der Waals surface area (Å²) in [4.78, 5) is 23.3. The Morgan fingerprint density at radius 2 is 2.00 bits per heavy atom. The summed E-state index contributed by atoms with van der Waals surface area (Å²) in [7, 11) is 0. The van der Waals surface area contributed by atoms with Gasteiger partial charge >= 0.3 is 6.03 Å². The van der Waals surface area contributed by atoms with Crippen molar-refractivity contribution >= 4 is 34.9 Å². The maximum absolute atomic E-state index is 11.8. The monoisotopic (exact) mass is 355 g/mol. The van der Waals surface area contributed by atoms with Gasteiger partial charge in [0, 0.05) is 24.5 Å². The van der Waals surface area contributed by atoms with Gasteiger partial charge in [0.05, 0.1) is 22.7 Å². The summed E-state index contributed by atoms with van der Waals surface area (Å²) in [5, 5.41) is 15.7. The Hall–Kier alpha value is -2.02. The van der Waals surface area contributed by atoms with Gasteiger partial charge < -0.3 is 20.3 Å². The maximum atomic E-state index is 11.8. The van der Waals surface area contributed by atoms with Crippen LogP contribution in [0.1, 0.15) is 0 Å². The molecule has 0 saturated heterocycles. The smallest absolute Gasteiger partial charge is 0.319 e. The number of hydrogen-bond donors (Lipinski definition) is 3. The van der Waals surface area contributed by atoms with E-state index in [1.54, 1.807) is 30.5 Å². The van der Waals surface area contributed by atoms with Gasteiger partial charge in [-0.25, -0.2) is 4.79 Å². The number of amides is 2. The zero-order valence-electron chi connectivity index (χ0n) is 12.0. The van der Waals surface area contributed by atoms with Gasteiger partial charge in [-0.3, -0.25) is 4.79 Å². The number of halogens is 2. The van der Waals surface area contributed by atoms with Crippen molar-refractivity contribution in [2.24, 2.45) is 0 Å². The molecule has 6 nitrogen and oxygen atoms in total. The zero-order chi connectivity index (χ0) is 16.8. The summed E-state index contributed by atoms with van der Waals surface area (Å²) in [6, 6.07) is 8.90. The van der Waals surface area contributed by atoms with E-state index in [1.165, 1.54) is 16.7 Å². The summed E-state index contributed by atoms with van der Waals surface area (Å²) >= 11 is 11.6. The Balaban J connectivity index is 1.83. The van der Waals surface area contributed by atoms with Crippen LogP contribution in [-0.4, -0.2) is 28.4 Å². The number of hydrogen-bond acceptors (Lipinski definition) is 3. The predicted octanol–water partition coefficient (Wildman–Crippen LogP) is 2.34. The first-order valence-electron chi connectivity index (χ1n) is 6.79. The van der Waals surface area contributed by atoms with Crippen LogP contribution >= 0.6 is 23.2 Å². The molecule has 2 aromatic rings. The first kappa shape index (κ1) is 17.3. The molecule has 0 spiro atoms. The van der Waals surface area contributed by atoms with Crippen molar-refractivity contribution in [3.05, 3.63) is 63.0 Å². The molecule has 1 aromatic carbocycles. The third-order valence-electron chi connectivity index (χ3n) is 2.98. The lowest BCUT2D eigenvalue weighted by Gasteiger charge is -2.14.